The minimum absolute atomic E-state index is 0.00644. The molecular weight excluding hydrogens is 620 g/mol. The van der Waals surface area contributed by atoms with Crippen LogP contribution in [0.5, 0.6) is 5.75 Å². The Morgan fingerprint density at radius 1 is 1.19 bits per heavy atom. The number of aliphatic imine (C=N–C) groups is 1. The Balaban J connectivity index is 2.17. The van der Waals surface area contributed by atoms with Gasteiger partial charge in [-0.05, 0) is 52.5 Å². The molecule has 0 aliphatic heterocycles. The lowest BCUT2D eigenvalue weighted by Gasteiger charge is -2.18. The number of carbonyl (C=O) groups is 2. The van der Waals surface area contributed by atoms with Crippen LogP contribution in [0, 0.1) is 23.3 Å². The molecule has 2 rings (SSSR count). The van der Waals surface area contributed by atoms with Crippen LogP contribution < -0.4 is 20.9 Å². The van der Waals surface area contributed by atoms with E-state index < -0.39 is 53.4 Å². The molecule has 0 aliphatic rings. The fourth-order valence-electron chi connectivity index (χ4n) is 2.82. The molecule has 192 valence electrons. The van der Waals surface area contributed by atoms with E-state index in [-0.39, 0.29) is 42.7 Å². The number of nitrogens with two attached hydrogens (primary N) is 1. The summed E-state index contributed by atoms with van der Waals surface area (Å²) < 4.78 is 59.3. The zero-order valence-electron chi connectivity index (χ0n) is 18.3. The van der Waals surface area contributed by atoms with Gasteiger partial charge in [0.15, 0.2) is 29.1 Å². The molecule has 10 nitrogen and oxygen atoms in total. The number of hydrogen-bond donors (Lipinski definition) is 3. The van der Waals surface area contributed by atoms with Gasteiger partial charge in [0.25, 0.3) is 5.91 Å². The molecule has 0 spiro atoms. The van der Waals surface area contributed by atoms with Gasteiger partial charge in [0.1, 0.15) is 6.61 Å². The van der Waals surface area contributed by atoms with Gasteiger partial charge in [-0.2, -0.15) is 8.78 Å². The number of rotatable bonds is 12. The summed E-state index contributed by atoms with van der Waals surface area (Å²) in [5, 5.41) is 8.67. The summed E-state index contributed by atoms with van der Waals surface area (Å²) >= 11 is 2.05. The van der Waals surface area contributed by atoms with Gasteiger partial charge in [0.05, 0.1) is 6.04 Å². The minimum Gasteiger partial charge on any atom is -0.479 e. The van der Waals surface area contributed by atoms with Crippen LogP contribution in [0.3, 0.4) is 0 Å². The molecule has 4 N–H and O–H groups in total. The van der Waals surface area contributed by atoms with E-state index in [9.17, 15) is 27.2 Å². The number of Topliss-reactive ketones (excluding diaryl/α,β-unsaturated/α-hetero) is 1. The van der Waals surface area contributed by atoms with Crippen molar-refractivity contribution in [3.05, 3.63) is 69.6 Å². The summed E-state index contributed by atoms with van der Waals surface area (Å²) in [7, 11) is 0. The van der Waals surface area contributed by atoms with E-state index in [1.165, 1.54) is 24.3 Å². The fourth-order valence-corrected chi connectivity index (χ4v) is 3.83. The average molecular weight is 639 g/mol. The van der Waals surface area contributed by atoms with E-state index in [4.69, 9.17) is 16.0 Å². The van der Waals surface area contributed by atoms with Gasteiger partial charge in [0.2, 0.25) is 11.6 Å². The molecule has 0 aromatic heterocycles. The minimum atomic E-state index is -1.80. The van der Waals surface area contributed by atoms with Crippen molar-refractivity contribution in [1.29, 1.82) is 0 Å². The molecular formula is C20H19F4IN7O3P. The lowest BCUT2D eigenvalue weighted by molar-refractivity contribution is -0.123. The second-order valence-electron chi connectivity index (χ2n) is 6.95. The Labute approximate surface area is 217 Å². The Morgan fingerprint density at radius 2 is 1.89 bits per heavy atom. The summed E-state index contributed by atoms with van der Waals surface area (Å²) in [4.78, 5) is 32.1. The maximum Gasteiger partial charge on any atom is 0.251 e. The predicted molar refractivity (Wildman–Crippen MR) is 134 cm³/mol. The van der Waals surface area contributed by atoms with E-state index in [0.717, 1.165) is 0 Å². The van der Waals surface area contributed by atoms with E-state index >= 15 is 0 Å². The Kier molecular flexibility index (Phi) is 11.6. The summed E-state index contributed by atoms with van der Waals surface area (Å²) in [6.45, 7) is -0.811. The molecule has 2 aromatic carbocycles. The van der Waals surface area contributed by atoms with Gasteiger partial charge in [-0.1, -0.05) is 17.2 Å². The second-order valence-corrected chi connectivity index (χ2v) is 9.00. The first-order valence-corrected chi connectivity index (χ1v) is 14.2. The number of azide groups is 1. The van der Waals surface area contributed by atoms with Crippen LogP contribution in [0.1, 0.15) is 23.2 Å². The number of benzene rings is 2. The molecule has 2 aromatic rings. The standard InChI is InChI=1S/C20H19F4IN7O3P/c21-12-8-13(22)17(24)18(16(12)23)35-9-15(33)14(5-2-6-28-20(26)31-36-25)29-19(34)10-3-1-4-11(7-10)30-32-27/h1,3-4,7-8,14,36H,2,5-6,9H2,(H,29,34)(H3,26,28,31)/t14-/m0/s1. The van der Waals surface area contributed by atoms with Gasteiger partial charge in [-0.3, -0.25) is 14.6 Å². The van der Waals surface area contributed by atoms with Crippen LogP contribution in [0.15, 0.2) is 40.4 Å². The Hall–Kier alpha value is -3.16. The second kappa shape index (κ2) is 14.4. The third-order valence-corrected chi connectivity index (χ3v) is 5.66. The molecule has 0 saturated heterocycles. The van der Waals surface area contributed by atoms with E-state index in [2.05, 4.69) is 47.5 Å². The largest absolute Gasteiger partial charge is 0.479 e. The van der Waals surface area contributed by atoms with E-state index in [0.29, 0.717) is 6.37 Å². The van der Waals surface area contributed by atoms with Crippen LogP contribution in [-0.4, -0.2) is 36.8 Å². The highest BCUT2D eigenvalue weighted by molar-refractivity contribution is 14.2. The molecule has 0 heterocycles. The predicted octanol–water partition coefficient (Wildman–Crippen LogP) is 4.56. The number of carbonyl (C=O) groups excluding carboxylic acids is 2. The van der Waals surface area contributed by atoms with Crippen LogP contribution in [0.25, 0.3) is 10.4 Å². The third kappa shape index (κ3) is 8.50. The number of amides is 1. The van der Waals surface area contributed by atoms with Crippen molar-refractivity contribution in [1.82, 2.24) is 10.4 Å². The van der Waals surface area contributed by atoms with Gasteiger partial charge in [-0.15, -0.1) is 0 Å². The summed E-state index contributed by atoms with van der Waals surface area (Å²) in [6.07, 6.45) is 0.581. The monoisotopic (exact) mass is 639 g/mol. The summed E-state index contributed by atoms with van der Waals surface area (Å²) in [5.74, 6) is -9.75. The van der Waals surface area contributed by atoms with Crippen molar-refractivity contribution in [2.24, 2.45) is 15.8 Å². The van der Waals surface area contributed by atoms with Crippen molar-refractivity contribution >= 4 is 51.8 Å². The summed E-state index contributed by atoms with van der Waals surface area (Å²) in [5.41, 5.74) is 14.4. The average Bonchev–Trinajstić information content (AvgIpc) is 2.85. The summed E-state index contributed by atoms with van der Waals surface area (Å²) in [6, 6.07) is 4.40. The highest BCUT2D eigenvalue weighted by Crippen LogP contribution is 2.26. The van der Waals surface area contributed by atoms with E-state index in [1.54, 1.807) is 0 Å². The van der Waals surface area contributed by atoms with Gasteiger partial charge < -0.3 is 20.9 Å². The highest BCUT2D eigenvalue weighted by atomic mass is 127. The molecule has 0 fully saturated rings. The maximum absolute atomic E-state index is 13.9. The van der Waals surface area contributed by atoms with Crippen LogP contribution in [-0.2, 0) is 4.79 Å². The van der Waals surface area contributed by atoms with Crippen LogP contribution >= 0.6 is 28.4 Å². The first-order valence-electron chi connectivity index (χ1n) is 10.0. The topological polar surface area (TPSA) is 155 Å². The van der Waals surface area contributed by atoms with Crippen molar-refractivity contribution in [2.75, 3.05) is 13.2 Å². The lowest BCUT2D eigenvalue weighted by atomic mass is 10.1. The zero-order chi connectivity index (χ0) is 26.7. The molecule has 1 unspecified atom stereocenters. The van der Waals surface area contributed by atoms with Crippen LogP contribution in [0.4, 0.5) is 23.2 Å². The quantitative estimate of drug-likeness (QED) is 0.0297. The number of guanidine groups is 1. The third-order valence-electron chi connectivity index (χ3n) is 4.50. The van der Waals surface area contributed by atoms with E-state index in [1.807, 2.05) is 0 Å². The number of ether oxygens (including phenoxy) is 1. The SMILES string of the molecule is [N-]=[N+]=Nc1cccc(C(=O)N[C@@H](CCCN=C(N)NPI)C(=O)COc2c(F)c(F)cc(F)c2F)c1. The zero-order valence-corrected chi connectivity index (χ0v) is 21.4. The van der Waals surface area contributed by atoms with Crippen molar-refractivity contribution in [3.8, 4) is 5.75 Å². The number of ketones is 1. The van der Waals surface area contributed by atoms with Crippen LogP contribution in [0.2, 0.25) is 0 Å². The van der Waals surface area contributed by atoms with Gasteiger partial charge in [0, 0.05) is 35.1 Å². The molecule has 2 atom stereocenters. The smallest absolute Gasteiger partial charge is 0.251 e. The number of nitrogens with zero attached hydrogens (tertiary/aromatic N) is 4. The number of halogens is 5. The number of nitrogens with one attached hydrogen (secondary N) is 2. The van der Waals surface area contributed by atoms with Gasteiger partial charge in [-0.25, -0.2) is 8.78 Å². The van der Waals surface area contributed by atoms with Crippen molar-refractivity contribution in [3.63, 3.8) is 0 Å². The van der Waals surface area contributed by atoms with Crippen molar-refractivity contribution in [2.45, 2.75) is 18.9 Å². The first-order chi connectivity index (χ1) is 17.2. The Bertz CT molecular complexity index is 1170. The molecule has 36 heavy (non-hydrogen) atoms. The lowest BCUT2D eigenvalue weighted by Crippen LogP contribution is -2.43. The van der Waals surface area contributed by atoms with Crippen molar-refractivity contribution < 1.29 is 31.9 Å². The van der Waals surface area contributed by atoms with Gasteiger partial charge >= 0.3 is 0 Å². The molecule has 0 bridgehead atoms. The molecule has 0 saturated carbocycles. The first kappa shape index (κ1) is 29.1. The highest BCUT2D eigenvalue weighted by Gasteiger charge is 2.25. The molecule has 0 aliphatic carbocycles. The normalized spacial score (nSPS) is 12.2. The maximum atomic E-state index is 13.9. The molecule has 16 heteroatoms. The fraction of sp³-hybridized carbons (Fsp3) is 0.250. The molecule has 1 amide bonds. The Morgan fingerprint density at radius 3 is 2.53 bits per heavy atom. The molecule has 0 radical (unpaired) electrons. The number of hydrogen-bond acceptors (Lipinski definition) is 5.